The van der Waals surface area contributed by atoms with Gasteiger partial charge in [0, 0.05) is 7.11 Å². The van der Waals surface area contributed by atoms with Crippen LogP contribution in [0.1, 0.15) is 0 Å². The molecule has 0 saturated carbocycles. The van der Waals surface area contributed by atoms with Crippen molar-refractivity contribution in [3.63, 3.8) is 0 Å². The van der Waals surface area contributed by atoms with Crippen LogP contribution < -0.4 is 5.73 Å². The van der Waals surface area contributed by atoms with E-state index < -0.39 is 0 Å². The van der Waals surface area contributed by atoms with Crippen LogP contribution in [0, 0.1) is 0 Å². The van der Waals surface area contributed by atoms with Gasteiger partial charge in [-0.2, -0.15) is 0 Å². The second-order valence-corrected chi connectivity index (χ2v) is 7.76. The van der Waals surface area contributed by atoms with Crippen LogP contribution in [-0.2, 0) is 11.3 Å². The average Bonchev–Trinajstić information content (AvgIpc) is 3.16. The monoisotopic (exact) mass is 392 g/mol. The Kier molecular flexibility index (Phi) is 4.46. The van der Waals surface area contributed by atoms with Crippen LogP contribution in [0.25, 0.3) is 21.4 Å². The van der Waals surface area contributed by atoms with Crippen molar-refractivity contribution >= 4 is 61.9 Å². The molecule has 3 aromatic heterocycles. The van der Waals surface area contributed by atoms with Gasteiger partial charge in [-0.25, -0.2) is 19.9 Å². The molecule has 25 heavy (non-hydrogen) atoms. The van der Waals surface area contributed by atoms with Gasteiger partial charge in [0.15, 0.2) is 26.5 Å². The number of hydrogen-bond acceptors (Lipinski definition) is 8. The molecule has 0 fully saturated rings. The Morgan fingerprint density at radius 2 is 2.20 bits per heavy atom. The molecule has 2 N–H and O–H groups in total. The number of halogens is 1. The third kappa shape index (κ3) is 3.04. The zero-order chi connectivity index (χ0) is 17.4. The molecule has 10 heteroatoms. The number of anilines is 1. The van der Waals surface area contributed by atoms with Crippen LogP contribution in [0.5, 0.6) is 0 Å². The van der Waals surface area contributed by atoms with Crippen LogP contribution in [0.15, 0.2) is 34.0 Å². The fraction of sp³-hybridized carbons (Fsp3) is 0.200. The smallest absolute Gasteiger partial charge is 0.177 e. The largest absolute Gasteiger partial charge is 0.383 e. The van der Waals surface area contributed by atoms with E-state index in [-0.39, 0.29) is 0 Å². The number of hydrogen-bond donors (Lipinski definition) is 1. The number of methoxy groups -OCH3 is 1. The summed E-state index contributed by atoms with van der Waals surface area (Å²) in [6.45, 7) is 1.14. The van der Waals surface area contributed by atoms with Crippen molar-refractivity contribution in [3.05, 3.63) is 29.5 Å². The standard InChI is InChI=1S/C15H13ClN6OS2/c1-23-6-5-22-13-10(12(17)18-7-19-13)21-14(22)25-15-20-9-4-2-3-8(16)11(9)24-15/h2-4,7H,5-6H2,1H3,(H2,17,18,19). The van der Waals surface area contributed by atoms with Gasteiger partial charge in [0.25, 0.3) is 0 Å². The summed E-state index contributed by atoms with van der Waals surface area (Å²) in [5.41, 5.74) is 8.09. The molecule has 1 aromatic carbocycles. The van der Waals surface area contributed by atoms with Crippen LogP contribution >= 0.6 is 34.7 Å². The van der Waals surface area contributed by atoms with Gasteiger partial charge in [0.05, 0.1) is 28.4 Å². The van der Waals surface area contributed by atoms with Crippen molar-refractivity contribution in [2.75, 3.05) is 19.5 Å². The summed E-state index contributed by atoms with van der Waals surface area (Å²) >= 11 is 9.24. The minimum Gasteiger partial charge on any atom is -0.383 e. The number of aromatic nitrogens is 5. The molecule has 0 spiro atoms. The first-order valence-electron chi connectivity index (χ1n) is 7.36. The molecule has 0 atom stereocenters. The molecule has 0 unspecified atom stereocenters. The van der Waals surface area contributed by atoms with Crippen LogP contribution in [0.3, 0.4) is 0 Å². The zero-order valence-corrected chi connectivity index (χ0v) is 15.5. The van der Waals surface area contributed by atoms with Crippen molar-refractivity contribution in [3.8, 4) is 0 Å². The molecule has 0 aliphatic rings. The third-order valence-corrected chi connectivity index (χ3v) is 6.16. The summed E-state index contributed by atoms with van der Waals surface area (Å²) in [5.74, 6) is 0.357. The lowest BCUT2D eigenvalue weighted by atomic mass is 10.3. The highest BCUT2D eigenvalue weighted by Crippen LogP contribution is 2.38. The first-order chi connectivity index (χ1) is 12.2. The van der Waals surface area contributed by atoms with Gasteiger partial charge in [-0.15, -0.1) is 11.3 Å². The highest BCUT2D eigenvalue weighted by molar-refractivity contribution is 8.01. The molecule has 0 radical (unpaired) electrons. The van der Waals surface area contributed by atoms with Gasteiger partial charge in [0.2, 0.25) is 0 Å². The maximum atomic E-state index is 6.25. The molecule has 0 aliphatic carbocycles. The summed E-state index contributed by atoms with van der Waals surface area (Å²) in [7, 11) is 1.66. The molecule has 4 aromatic rings. The predicted molar refractivity (Wildman–Crippen MR) is 100 cm³/mol. The van der Waals surface area contributed by atoms with E-state index in [9.17, 15) is 0 Å². The molecular weight excluding hydrogens is 380 g/mol. The number of ether oxygens (including phenoxy) is 1. The number of nitrogens with two attached hydrogens (primary N) is 1. The number of rotatable bonds is 5. The number of nitrogens with zero attached hydrogens (tertiary/aromatic N) is 5. The summed E-state index contributed by atoms with van der Waals surface area (Å²) < 4.78 is 8.98. The van der Waals surface area contributed by atoms with E-state index >= 15 is 0 Å². The second kappa shape index (κ2) is 6.75. The lowest BCUT2D eigenvalue weighted by Crippen LogP contribution is -2.06. The van der Waals surface area contributed by atoms with Crippen LogP contribution in [-0.4, -0.2) is 38.2 Å². The topological polar surface area (TPSA) is 91.7 Å². The van der Waals surface area contributed by atoms with E-state index in [4.69, 9.17) is 22.1 Å². The van der Waals surface area contributed by atoms with Gasteiger partial charge < -0.3 is 15.0 Å². The first kappa shape index (κ1) is 16.5. The van der Waals surface area contributed by atoms with Crippen LogP contribution in [0.2, 0.25) is 5.02 Å². The average molecular weight is 393 g/mol. The maximum Gasteiger partial charge on any atom is 0.177 e. The minimum atomic E-state index is 0.357. The Hall–Kier alpha value is -1.94. The van der Waals surface area contributed by atoms with Crippen molar-refractivity contribution in [1.82, 2.24) is 24.5 Å². The molecule has 7 nitrogen and oxygen atoms in total. The highest BCUT2D eigenvalue weighted by Gasteiger charge is 2.17. The summed E-state index contributed by atoms with van der Waals surface area (Å²) in [4.78, 5) is 17.6. The van der Waals surface area contributed by atoms with E-state index in [1.54, 1.807) is 7.11 Å². The van der Waals surface area contributed by atoms with Gasteiger partial charge >= 0.3 is 0 Å². The molecule has 0 saturated heterocycles. The number of nitrogen functional groups attached to an aromatic ring is 1. The van der Waals surface area contributed by atoms with Crippen molar-refractivity contribution in [2.24, 2.45) is 0 Å². The zero-order valence-electron chi connectivity index (χ0n) is 13.1. The summed E-state index contributed by atoms with van der Waals surface area (Å²) in [6.07, 6.45) is 1.44. The van der Waals surface area contributed by atoms with E-state index in [1.807, 2.05) is 22.8 Å². The highest BCUT2D eigenvalue weighted by atomic mass is 35.5. The Balaban J connectivity index is 1.79. The van der Waals surface area contributed by atoms with Crippen molar-refractivity contribution < 1.29 is 4.74 Å². The van der Waals surface area contributed by atoms with E-state index in [2.05, 4.69) is 19.9 Å². The molecule has 3 heterocycles. The Morgan fingerprint density at radius 3 is 3.00 bits per heavy atom. The third-order valence-electron chi connectivity index (χ3n) is 3.57. The van der Waals surface area contributed by atoms with Gasteiger partial charge in [-0.3, -0.25) is 0 Å². The number of benzene rings is 1. The lowest BCUT2D eigenvalue weighted by molar-refractivity contribution is 0.186. The second-order valence-electron chi connectivity index (χ2n) is 5.14. The van der Waals surface area contributed by atoms with Crippen molar-refractivity contribution in [1.29, 1.82) is 0 Å². The molecule has 0 bridgehead atoms. The van der Waals surface area contributed by atoms with E-state index in [0.717, 1.165) is 19.7 Å². The quantitative estimate of drug-likeness (QED) is 0.555. The molecular formula is C15H13ClN6OS2. The Morgan fingerprint density at radius 1 is 1.32 bits per heavy atom. The SMILES string of the molecule is COCCn1c(Sc2nc3cccc(Cl)c3s2)nc2c(N)ncnc21. The molecule has 0 amide bonds. The maximum absolute atomic E-state index is 6.25. The minimum absolute atomic E-state index is 0.357. The fourth-order valence-electron chi connectivity index (χ4n) is 2.41. The van der Waals surface area contributed by atoms with E-state index in [0.29, 0.717) is 35.2 Å². The normalized spacial score (nSPS) is 11.6. The Labute approximate surface area is 156 Å². The lowest BCUT2D eigenvalue weighted by Gasteiger charge is -2.06. The number of imidazole rings is 1. The number of fused-ring (bicyclic) bond motifs is 2. The van der Waals surface area contributed by atoms with Gasteiger partial charge in [-0.05, 0) is 23.9 Å². The molecule has 128 valence electrons. The first-order valence-corrected chi connectivity index (χ1v) is 9.37. The Bertz CT molecular complexity index is 1060. The fourth-order valence-corrected chi connectivity index (χ4v) is 4.77. The molecule has 0 aliphatic heterocycles. The summed E-state index contributed by atoms with van der Waals surface area (Å²) in [5, 5.41) is 1.44. The summed E-state index contributed by atoms with van der Waals surface area (Å²) in [6, 6.07) is 5.70. The predicted octanol–water partition coefficient (Wildman–Crippen LogP) is 3.47. The van der Waals surface area contributed by atoms with Gasteiger partial charge in [-0.1, -0.05) is 17.7 Å². The van der Waals surface area contributed by atoms with E-state index in [1.165, 1.54) is 29.4 Å². The van der Waals surface area contributed by atoms with Crippen LogP contribution in [0.4, 0.5) is 5.82 Å². The number of thiazole rings is 1. The van der Waals surface area contributed by atoms with Gasteiger partial charge in [0.1, 0.15) is 6.33 Å². The van der Waals surface area contributed by atoms with Crippen molar-refractivity contribution in [2.45, 2.75) is 16.0 Å². The molecule has 4 rings (SSSR count).